The quantitative estimate of drug-likeness (QED) is 0.447. The SMILES string of the molecule is OC(Cn1cnnn1)(c1ccc(F)cc1F)C(F)(F)C12CC(c3ccc(OCC(F)F)cc3)(C1)C2. The fraction of sp³-hybridized carbons (Fsp3) is 0.435. The van der Waals surface area contributed by atoms with Crippen molar-refractivity contribution in [3.63, 3.8) is 0 Å². The third kappa shape index (κ3) is 3.57. The van der Waals surface area contributed by atoms with E-state index in [4.69, 9.17) is 4.74 Å². The lowest BCUT2D eigenvalue weighted by atomic mass is 9.30. The van der Waals surface area contributed by atoms with Crippen LogP contribution in [0.3, 0.4) is 0 Å². The van der Waals surface area contributed by atoms with Crippen LogP contribution in [0.25, 0.3) is 0 Å². The molecule has 35 heavy (non-hydrogen) atoms. The van der Waals surface area contributed by atoms with Crippen molar-refractivity contribution in [2.45, 2.75) is 49.2 Å². The van der Waals surface area contributed by atoms with Gasteiger partial charge in [-0.3, -0.25) is 0 Å². The van der Waals surface area contributed by atoms with Gasteiger partial charge < -0.3 is 9.84 Å². The molecule has 2 bridgehead atoms. The molecule has 0 radical (unpaired) electrons. The monoisotopic (exact) mass is 498 g/mol. The number of tetrazole rings is 1. The first-order valence-corrected chi connectivity index (χ1v) is 10.8. The standard InChI is InChI=1S/C23H20F6N4O2/c24-15-3-6-17(18(25)7-15)22(34,12-33-13-30-31-32-33)23(28,29)21-9-20(10-21,11-21)14-1-4-16(5-2-14)35-8-19(26)27/h1-7,13,19,34H,8-12H2. The summed E-state index contributed by atoms with van der Waals surface area (Å²) in [6.45, 7) is -1.60. The molecule has 12 heteroatoms. The molecule has 0 saturated heterocycles. The third-order valence-electron chi connectivity index (χ3n) is 7.22. The number of benzene rings is 2. The van der Waals surface area contributed by atoms with Crippen molar-refractivity contribution < 1.29 is 36.2 Å². The predicted molar refractivity (Wildman–Crippen MR) is 109 cm³/mol. The highest BCUT2D eigenvalue weighted by molar-refractivity contribution is 5.44. The van der Waals surface area contributed by atoms with Gasteiger partial charge in [0.05, 0.1) is 6.54 Å². The number of halogens is 6. The molecule has 1 atom stereocenters. The van der Waals surface area contributed by atoms with Crippen molar-refractivity contribution in [1.82, 2.24) is 20.2 Å². The molecule has 1 N–H and O–H groups in total. The van der Waals surface area contributed by atoms with Crippen molar-refractivity contribution in [3.8, 4) is 5.75 Å². The Morgan fingerprint density at radius 3 is 2.31 bits per heavy atom. The van der Waals surface area contributed by atoms with Gasteiger partial charge in [0.25, 0.3) is 12.3 Å². The van der Waals surface area contributed by atoms with Crippen molar-refractivity contribution in [1.29, 1.82) is 0 Å². The highest BCUT2D eigenvalue weighted by atomic mass is 19.3. The Morgan fingerprint density at radius 2 is 1.74 bits per heavy atom. The number of aromatic nitrogens is 4. The maximum absolute atomic E-state index is 16.1. The van der Waals surface area contributed by atoms with Crippen molar-refractivity contribution in [2.75, 3.05) is 6.61 Å². The van der Waals surface area contributed by atoms with Gasteiger partial charge in [0, 0.05) is 17.0 Å². The van der Waals surface area contributed by atoms with Crippen LogP contribution in [0.2, 0.25) is 0 Å². The maximum atomic E-state index is 16.1. The Bertz CT molecular complexity index is 1200. The minimum Gasteiger partial charge on any atom is -0.488 e. The fourth-order valence-corrected chi connectivity index (χ4v) is 5.60. The van der Waals surface area contributed by atoms with E-state index >= 15 is 8.78 Å². The van der Waals surface area contributed by atoms with Gasteiger partial charge in [-0.1, -0.05) is 12.1 Å². The molecular formula is C23H20F6N4O2. The number of alkyl halides is 4. The third-order valence-corrected chi connectivity index (χ3v) is 7.22. The lowest BCUT2D eigenvalue weighted by Crippen LogP contribution is -2.76. The van der Waals surface area contributed by atoms with Crippen LogP contribution < -0.4 is 4.74 Å². The number of hydrogen-bond donors (Lipinski definition) is 1. The van der Waals surface area contributed by atoms with Gasteiger partial charge in [0.2, 0.25) is 0 Å². The number of rotatable bonds is 9. The van der Waals surface area contributed by atoms with E-state index in [-0.39, 0.29) is 25.0 Å². The molecule has 1 aromatic heterocycles. The van der Waals surface area contributed by atoms with E-state index in [0.29, 0.717) is 6.07 Å². The molecule has 3 aliphatic carbocycles. The van der Waals surface area contributed by atoms with E-state index in [9.17, 15) is 22.7 Å². The molecule has 3 saturated carbocycles. The Balaban J connectivity index is 1.41. The Morgan fingerprint density at radius 1 is 1.06 bits per heavy atom. The second-order valence-corrected chi connectivity index (χ2v) is 9.38. The first kappa shape index (κ1) is 23.6. The van der Waals surface area contributed by atoms with Gasteiger partial charge in [-0.2, -0.15) is 0 Å². The lowest BCUT2D eigenvalue weighted by Gasteiger charge is -2.74. The second kappa shape index (κ2) is 7.94. The normalized spacial score (nSPS) is 25.0. The molecular weight excluding hydrogens is 478 g/mol. The number of nitrogens with zero attached hydrogens (tertiary/aromatic N) is 4. The average Bonchev–Trinajstić information content (AvgIpc) is 3.23. The molecule has 1 heterocycles. The molecule has 6 nitrogen and oxygen atoms in total. The minimum absolute atomic E-state index is 0.0188. The molecule has 0 spiro atoms. The Kier molecular flexibility index (Phi) is 5.35. The van der Waals surface area contributed by atoms with Gasteiger partial charge in [-0.15, -0.1) is 5.10 Å². The summed E-state index contributed by atoms with van der Waals surface area (Å²) < 4.78 is 90.9. The summed E-state index contributed by atoms with van der Waals surface area (Å²) >= 11 is 0. The second-order valence-electron chi connectivity index (χ2n) is 9.38. The maximum Gasteiger partial charge on any atom is 0.287 e. The van der Waals surface area contributed by atoms with Crippen LogP contribution in [0.1, 0.15) is 30.4 Å². The van der Waals surface area contributed by atoms with Crippen LogP contribution in [-0.2, 0) is 17.6 Å². The molecule has 0 amide bonds. The van der Waals surface area contributed by atoms with Gasteiger partial charge in [0.1, 0.15) is 30.3 Å². The number of ether oxygens (including phenoxy) is 1. The van der Waals surface area contributed by atoms with Gasteiger partial charge in [-0.25, -0.2) is 31.0 Å². The lowest BCUT2D eigenvalue weighted by molar-refractivity contribution is -0.347. The van der Waals surface area contributed by atoms with E-state index in [1.165, 1.54) is 12.1 Å². The fourth-order valence-electron chi connectivity index (χ4n) is 5.60. The van der Waals surface area contributed by atoms with Gasteiger partial charge >= 0.3 is 0 Å². The smallest absolute Gasteiger partial charge is 0.287 e. The highest BCUT2D eigenvalue weighted by Crippen LogP contribution is 2.80. The Labute approximate surface area is 195 Å². The topological polar surface area (TPSA) is 73.1 Å². The van der Waals surface area contributed by atoms with Crippen LogP contribution in [-0.4, -0.2) is 44.3 Å². The Hall–Kier alpha value is -3.15. The molecule has 3 aliphatic rings. The zero-order chi connectivity index (χ0) is 25.1. The van der Waals surface area contributed by atoms with E-state index in [1.807, 2.05) is 0 Å². The van der Waals surface area contributed by atoms with Crippen LogP contribution in [0, 0.1) is 17.0 Å². The summed E-state index contributed by atoms with van der Waals surface area (Å²) in [4.78, 5) is 0. The zero-order valence-electron chi connectivity index (χ0n) is 18.1. The molecule has 186 valence electrons. The van der Waals surface area contributed by atoms with E-state index in [1.54, 1.807) is 12.1 Å². The first-order chi connectivity index (χ1) is 16.5. The predicted octanol–water partition coefficient (Wildman–Crippen LogP) is 4.24. The van der Waals surface area contributed by atoms with Crippen molar-refractivity contribution in [3.05, 3.63) is 71.6 Å². The summed E-state index contributed by atoms with van der Waals surface area (Å²) in [5.41, 5.74) is -5.25. The van der Waals surface area contributed by atoms with Crippen LogP contribution in [0.15, 0.2) is 48.8 Å². The largest absolute Gasteiger partial charge is 0.488 e. The summed E-state index contributed by atoms with van der Waals surface area (Å²) in [6, 6.07) is 8.36. The molecule has 3 aromatic rings. The van der Waals surface area contributed by atoms with E-state index < -0.39 is 59.1 Å². The minimum atomic E-state index is -3.83. The molecule has 3 fully saturated rings. The molecule has 0 aliphatic heterocycles. The van der Waals surface area contributed by atoms with E-state index in [2.05, 4.69) is 15.5 Å². The molecule has 1 unspecified atom stereocenters. The zero-order valence-corrected chi connectivity index (χ0v) is 18.1. The summed E-state index contributed by atoms with van der Waals surface area (Å²) in [5, 5.41) is 21.6. The average molecular weight is 498 g/mol. The van der Waals surface area contributed by atoms with Crippen molar-refractivity contribution in [2.24, 2.45) is 5.41 Å². The first-order valence-electron chi connectivity index (χ1n) is 10.8. The van der Waals surface area contributed by atoms with Gasteiger partial charge in [0.15, 0.2) is 5.60 Å². The number of hydrogen-bond acceptors (Lipinski definition) is 5. The van der Waals surface area contributed by atoms with Crippen LogP contribution in [0.5, 0.6) is 5.75 Å². The van der Waals surface area contributed by atoms with Crippen molar-refractivity contribution >= 4 is 0 Å². The summed E-state index contributed by atoms with van der Waals surface area (Å²) in [6.07, 6.45) is -1.54. The summed E-state index contributed by atoms with van der Waals surface area (Å²) in [7, 11) is 0. The summed E-state index contributed by atoms with van der Waals surface area (Å²) in [5.74, 6) is -5.86. The van der Waals surface area contributed by atoms with Crippen LogP contribution >= 0.6 is 0 Å². The molecule has 2 aromatic carbocycles. The number of aliphatic hydroxyl groups is 1. The highest BCUT2D eigenvalue weighted by Gasteiger charge is 2.82. The van der Waals surface area contributed by atoms with Crippen LogP contribution in [0.4, 0.5) is 26.3 Å². The molecule has 6 rings (SSSR count). The van der Waals surface area contributed by atoms with E-state index in [0.717, 1.165) is 28.7 Å². The van der Waals surface area contributed by atoms with Gasteiger partial charge in [-0.05, 0) is 64.9 Å².